The van der Waals surface area contributed by atoms with Crippen LogP contribution in [0.4, 0.5) is 5.82 Å². The number of anilines is 1. The van der Waals surface area contributed by atoms with Gasteiger partial charge in [0.05, 0.1) is 10.9 Å². The maximum atomic E-state index is 11.8. The quantitative estimate of drug-likeness (QED) is 0.592. The van der Waals surface area contributed by atoms with E-state index in [9.17, 15) is 4.79 Å². The van der Waals surface area contributed by atoms with Crippen molar-refractivity contribution in [2.24, 2.45) is 5.84 Å². The van der Waals surface area contributed by atoms with Crippen LogP contribution in [-0.4, -0.2) is 10.9 Å². The molecular formula is C11H11ClN4OS. The van der Waals surface area contributed by atoms with Crippen molar-refractivity contribution in [1.82, 2.24) is 10.3 Å². The maximum Gasteiger partial charge on any atom is 0.270 e. The van der Waals surface area contributed by atoms with Crippen LogP contribution in [0.2, 0.25) is 4.34 Å². The number of nitrogens with two attached hydrogens (primary N) is 1. The third kappa shape index (κ3) is 3.19. The van der Waals surface area contributed by atoms with Gasteiger partial charge < -0.3 is 10.7 Å². The second-order valence-electron chi connectivity index (χ2n) is 3.44. The van der Waals surface area contributed by atoms with Gasteiger partial charge in [0.1, 0.15) is 11.5 Å². The van der Waals surface area contributed by atoms with E-state index in [0.717, 1.165) is 4.88 Å². The Morgan fingerprint density at radius 3 is 2.89 bits per heavy atom. The zero-order chi connectivity index (χ0) is 13.0. The van der Waals surface area contributed by atoms with Crippen molar-refractivity contribution in [2.75, 3.05) is 5.43 Å². The van der Waals surface area contributed by atoms with Crippen LogP contribution in [0.5, 0.6) is 0 Å². The molecule has 0 saturated carbocycles. The number of rotatable bonds is 4. The van der Waals surface area contributed by atoms with Gasteiger partial charge in [0, 0.05) is 4.88 Å². The number of carbonyl (C=O) groups excluding carboxylic acids is 1. The first-order chi connectivity index (χ1) is 8.69. The highest BCUT2D eigenvalue weighted by molar-refractivity contribution is 7.16. The Kier molecular flexibility index (Phi) is 4.14. The molecule has 94 valence electrons. The smallest absolute Gasteiger partial charge is 0.270 e. The summed E-state index contributed by atoms with van der Waals surface area (Å²) in [5.74, 6) is 5.42. The average molecular weight is 283 g/mol. The number of amides is 1. The Hall–Kier alpha value is -1.63. The van der Waals surface area contributed by atoms with E-state index in [2.05, 4.69) is 15.7 Å². The van der Waals surface area contributed by atoms with Crippen molar-refractivity contribution in [3.05, 3.63) is 45.2 Å². The minimum atomic E-state index is -0.253. The summed E-state index contributed by atoms with van der Waals surface area (Å²) < 4.78 is 0.701. The Bertz CT molecular complexity index is 557. The van der Waals surface area contributed by atoms with E-state index >= 15 is 0 Å². The van der Waals surface area contributed by atoms with Gasteiger partial charge >= 0.3 is 0 Å². The molecule has 0 unspecified atom stereocenters. The largest absolute Gasteiger partial charge is 0.346 e. The molecule has 2 heterocycles. The van der Waals surface area contributed by atoms with Gasteiger partial charge in [0.15, 0.2) is 0 Å². The summed E-state index contributed by atoms with van der Waals surface area (Å²) in [7, 11) is 0. The first kappa shape index (κ1) is 12.8. The zero-order valence-electron chi connectivity index (χ0n) is 9.31. The number of nitrogens with one attached hydrogen (secondary N) is 2. The fraction of sp³-hybridized carbons (Fsp3) is 0.0909. The Balaban J connectivity index is 1.99. The number of nitrogens with zero attached hydrogens (tertiary/aromatic N) is 1. The predicted octanol–water partition coefficient (Wildman–Crippen LogP) is 2.01. The molecular weight excluding hydrogens is 272 g/mol. The van der Waals surface area contributed by atoms with Crippen LogP contribution in [0.3, 0.4) is 0 Å². The molecule has 5 nitrogen and oxygen atoms in total. The summed E-state index contributed by atoms with van der Waals surface area (Å²) in [5, 5.41) is 2.76. The molecule has 4 N–H and O–H groups in total. The van der Waals surface area contributed by atoms with E-state index in [1.54, 1.807) is 24.3 Å². The normalized spacial score (nSPS) is 10.1. The van der Waals surface area contributed by atoms with Gasteiger partial charge in [-0.15, -0.1) is 11.3 Å². The van der Waals surface area contributed by atoms with E-state index in [0.29, 0.717) is 22.4 Å². The lowest BCUT2D eigenvalue weighted by Crippen LogP contribution is -2.24. The Labute approximate surface area is 113 Å². The predicted molar refractivity (Wildman–Crippen MR) is 72.5 cm³/mol. The second-order valence-corrected chi connectivity index (χ2v) is 5.24. The van der Waals surface area contributed by atoms with E-state index in [1.807, 2.05) is 6.07 Å². The van der Waals surface area contributed by atoms with Crippen molar-refractivity contribution in [1.29, 1.82) is 0 Å². The van der Waals surface area contributed by atoms with Gasteiger partial charge in [-0.3, -0.25) is 4.79 Å². The number of hydrogen-bond donors (Lipinski definition) is 3. The van der Waals surface area contributed by atoms with Gasteiger partial charge in [-0.05, 0) is 24.3 Å². The number of aromatic nitrogens is 1. The molecule has 0 fully saturated rings. The van der Waals surface area contributed by atoms with Gasteiger partial charge in [-0.1, -0.05) is 17.7 Å². The molecule has 18 heavy (non-hydrogen) atoms. The number of nitrogen functional groups attached to an aromatic ring is 1. The second kappa shape index (κ2) is 5.81. The minimum absolute atomic E-state index is 0.253. The van der Waals surface area contributed by atoms with Gasteiger partial charge in [0.25, 0.3) is 5.91 Å². The summed E-state index contributed by atoms with van der Waals surface area (Å²) in [6, 6.07) is 8.68. The summed E-state index contributed by atoms with van der Waals surface area (Å²) in [4.78, 5) is 16.8. The summed E-state index contributed by atoms with van der Waals surface area (Å²) in [6.07, 6.45) is 0. The highest BCUT2D eigenvalue weighted by atomic mass is 35.5. The lowest BCUT2D eigenvalue weighted by Gasteiger charge is -2.04. The zero-order valence-corrected chi connectivity index (χ0v) is 10.9. The molecule has 0 aromatic carbocycles. The van der Waals surface area contributed by atoms with Gasteiger partial charge in [-0.25, -0.2) is 10.8 Å². The third-order valence-electron chi connectivity index (χ3n) is 2.18. The third-order valence-corrected chi connectivity index (χ3v) is 3.41. The van der Waals surface area contributed by atoms with Crippen LogP contribution in [-0.2, 0) is 6.54 Å². The minimum Gasteiger partial charge on any atom is -0.346 e. The lowest BCUT2D eigenvalue weighted by atomic mass is 10.3. The number of thiophene rings is 1. The van der Waals surface area contributed by atoms with Crippen LogP contribution < -0.4 is 16.6 Å². The molecule has 2 rings (SSSR count). The molecule has 0 aliphatic heterocycles. The molecule has 0 spiro atoms. The van der Waals surface area contributed by atoms with Crippen molar-refractivity contribution >= 4 is 34.7 Å². The fourth-order valence-corrected chi connectivity index (χ4v) is 2.37. The molecule has 0 saturated heterocycles. The standard InChI is InChI=1S/C11H11ClN4OS/c12-9-5-4-7(18-9)6-14-11(17)8-2-1-3-10(15-8)16-13/h1-5H,6,13H2,(H,14,17)(H,15,16). The lowest BCUT2D eigenvalue weighted by molar-refractivity contribution is 0.0946. The molecule has 0 aliphatic rings. The van der Waals surface area contributed by atoms with Crippen molar-refractivity contribution in [3.8, 4) is 0 Å². The van der Waals surface area contributed by atoms with Crippen LogP contribution in [0, 0.1) is 0 Å². The molecule has 0 aliphatic carbocycles. The van der Waals surface area contributed by atoms with Gasteiger partial charge in [-0.2, -0.15) is 0 Å². The number of halogens is 1. The molecule has 7 heteroatoms. The van der Waals surface area contributed by atoms with Gasteiger partial charge in [0.2, 0.25) is 0 Å². The summed E-state index contributed by atoms with van der Waals surface area (Å²) in [6.45, 7) is 0.429. The fourth-order valence-electron chi connectivity index (χ4n) is 1.35. The van der Waals surface area contributed by atoms with E-state index in [4.69, 9.17) is 17.4 Å². The van der Waals surface area contributed by atoms with Crippen LogP contribution >= 0.6 is 22.9 Å². The topological polar surface area (TPSA) is 80.0 Å². The summed E-state index contributed by atoms with van der Waals surface area (Å²) in [5.41, 5.74) is 2.71. The van der Waals surface area contributed by atoms with E-state index in [1.165, 1.54) is 11.3 Å². The molecule has 0 radical (unpaired) electrons. The Morgan fingerprint density at radius 1 is 1.39 bits per heavy atom. The first-order valence-electron chi connectivity index (χ1n) is 5.15. The summed E-state index contributed by atoms with van der Waals surface area (Å²) >= 11 is 7.23. The van der Waals surface area contributed by atoms with Crippen molar-refractivity contribution < 1.29 is 4.79 Å². The number of hydrazine groups is 1. The Morgan fingerprint density at radius 2 is 2.22 bits per heavy atom. The number of pyridine rings is 1. The van der Waals surface area contributed by atoms with E-state index in [-0.39, 0.29) is 5.91 Å². The number of hydrogen-bond acceptors (Lipinski definition) is 5. The molecule has 2 aromatic rings. The molecule has 0 bridgehead atoms. The average Bonchev–Trinajstić information content (AvgIpc) is 2.82. The van der Waals surface area contributed by atoms with Crippen LogP contribution in [0.1, 0.15) is 15.4 Å². The highest BCUT2D eigenvalue weighted by Gasteiger charge is 2.08. The SMILES string of the molecule is NNc1cccc(C(=O)NCc2ccc(Cl)s2)n1. The van der Waals surface area contributed by atoms with Crippen LogP contribution in [0.25, 0.3) is 0 Å². The monoisotopic (exact) mass is 282 g/mol. The van der Waals surface area contributed by atoms with Crippen molar-refractivity contribution in [2.45, 2.75) is 6.54 Å². The number of carbonyl (C=O) groups is 1. The maximum absolute atomic E-state index is 11.8. The molecule has 2 aromatic heterocycles. The van der Waals surface area contributed by atoms with Crippen LogP contribution in [0.15, 0.2) is 30.3 Å². The first-order valence-corrected chi connectivity index (χ1v) is 6.34. The highest BCUT2D eigenvalue weighted by Crippen LogP contribution is 2.21. The van der Waals surface area contributed by atoms with E-state index < -0.39 is 0 Å². The molecule has 1 amide bonds. The molecule has 0 atom stereocenters. The van der Waals surface area contributed by atoms with Crippen molar-refractivity contribution in [3.63, 3.8) is 0 Å².